The predicted octanol–water partition coefficient (Wildman–Crippen LogP) is 1.83. The Hall–Kier alpha value is -1.84. The van der Waals surface area contributed by atoms with Crippen LogP contribution >= 0.6 is 0 Å². The van der Waals surface area contributed by atoms with Crippen molar-refractivity contribution in [1.82, 2.24) is 0 Å². The number of esters is 1. The van der Waals surface area contributed by atoms with Gasteiger partial charge in [-0.05, 0) is 26.0 Å². The Labute approximate surface area is 94.2 Å². The summed E-state index contributed by atoms with van der Waals surface area (Å²) in [5.74, 6) is -0.182. The third kappa shape index (κ3) is 2.82. The molecule has 4 heteroatoms. The lowest BCUT2D eigenvalue weighted by molar-refractivity contribution is -0.147. The van der Waals surface area contributed by atoms with Crippen molar-refractivity contribution >= 4 is 11.8 Å². The maximum absolute atomic E-state index is 11.3. The average molecular weight is 222 g/mol. The molecule has 0 spiro atoms. The summed E-state index contributed by atoms with van der Waals surface area (Å²) in [6.07, 6.45) is -0.731. The van der Waals surface area contributed by atoms with Gasteiger partial charge in [0.25, 0.3) is 0 Å². The highest BCUT2D eigenvalue weighted by atomic mass is 16.6. The second kappa shape index (κ2) is 5.30. The minimum Gasteiger partial charge on any atom is -0.478 e. The number of benzene rings is 1. The summed E-state index contributed by atoms with van der Waals surface area (Å²) in [5.41, 5.74) is 0.457. The lowest BCUT2D eigenvalue weighted by Gasteiger charge is -2.14. The van der Waals surface area contributed by atoms with Crippen LogP contribution in [0.2, 0.25) is 0 Å². The van der Waals surface area contributed by atoms with Crippen molar-refractivity contribution in [1.29, 1.82) is 0 Å². The van der Waals surface area contributed by atoms with Crippen LogP contribution in [0.5, 0.6) is 5.75 Å². The summed E-state index contributed by atoms with van der Waals surface area (Å²) in [6.45, 7) is 3.02. The normalized spacial score (nSPS) is 11.7. The van der Waals surface area contributed by atoms with Crippen molar-refractivity contribution in [3.8, 4) is 5.75 Å². The molecule has 0 fully saturated rings. The topological polar surface area (TPSA) is 52.6 Å². The van der Waals surface area contributed by atoms with Crippen molar-refractivity contribution in [2.24, 2.45) is 0 Å². The number of carbonyl (C=O) groups is 2. The molecule has 0 aliphatic heterocycles. The molecule has 0 aliphatic rings. The minimum absolute atomic E-state index is 0.104. The zero-order valence-corrected chi connectivity index (χ0v) is 9.52. The second-order valence-electron chi connectivity index (χ2n) is 3.34. The fourth-order valence-corrected chi connectivity index (χ4v) is 1.26. The Bertz CT molecular complexity index is 398. The Kier molecular flexibility index (Phi) is 4.05. The highest BCUT2D eigenvalue weighted by Gasteiger charge is 2.17. The first-order chi connectivity index (χ1) is 7.56. The largest absolute Gasteiger partial charge is 0.478 e. The van der Waals surface area contributed by atoms with Gasteiger partial charge in [0.15, 0.2) is 11.9 Å². The lowest BCUT2D eigenvalue weighted by atomic mass is 10.1. The molecular weight excluding hydrogens is 208 g/mol. The molecule has 86 valence electrons. The van der Waals surface area contributed by atoms with E-state index in [4.69, 9.17) is 4.74 Å². The van der Waals surface area contributed by atoms with Gasteiger partial charge < -0.3 is 9.47 Å². The second-order valence-corrected chi connectivity index (χ2v) is 3.34. The first kappa shape index (κ1) is 12.2. The van der Waals surface area contributed by atoms with E-state index in [-0.39, 0.29) is 5.78 Å². The van der Waals surface area contributed by atoms with Crippen LogP contribution in [-0.4, -0.2) is 25.0 Å². The van der Waals surface area contributed by atoms with Gasteiger partial charge in [0.05, 0.1) is 12.7 Å². The smallest absolute Gasteiger partial charge is 0.346 e. The quantitative estimate of drug-likeness (QED) is 0.576. The maximum atomic E-state index is 11.3. The predicted molar refractivity (Wildman–Crippen MR) is 58.6 cm³/mol. The van der Waals surface area contributed by atoms with E-state index in [2.05, 4.69) is 4.74 Å². The van der Waals surface area contributed by atoms with E-state index < -0.39 is 12.1 Å². The summed E-state index contributed by atoms with van der Waals surface area (Å²) in [5, 5.41) is 0. The van der Waals surface area contributed by atoms with Gasteiger partial charge in [0.1, 0.15) is 5.75 Å². The monoisotopic (exact) mass is 222 g/mol. The van der Waals surface area contributed by atoms with Gasteiger partial charge >= 0.3 is 5.97 Å². The van der Waals surface area contributed by atoms with Crippen molar-refractivity contribution in [3.05, 3.63) is 29.8 Å². The first-order valence-electron chi connectivity index (χ1n) is 4.90. The number of methoxy groups -OCH3 is 1. The van der Waals surface area contributed by atoms with Gasteiger partial charge in [-0.2, -0.15) is 0 Å². The van der Waals surface area contributed by atoms with Gasteiger partial charge in [-0.3, -0.25) is 4.79 Å². The first-order valence-corrected chi connectivity index (χ1v) is 4.90. The number of rotatable bonds is 4. The minimum atomic E-state index is -0.731. The number of hydrogen-bond acceptors (Lipinski definition) is 4. The van der Waals surface area contributed by atoms with Crippen molar-refractivity contribution in [3.63, 3.8) is 0 Å². The zero-order chi connectivity index (χ0) is 12.1. The highest BCUT2D eigenvalue weighted by Crippen LogP contribution is 2.19. The van der Waals surface area contributed by atoms with Crippen LogP contribution in [0.25, 0.3) is 0 Å². The third-order valence-corrected chi connectivity index (χ3v) is 2.10. The molecule has 0 N–H and O–H groups in total. The van der Waals surface area contributed by atoms with Gasteiger partial charge in [0.2, 0.25) is 0 Å². The van der Waals surface area contributed by atoms with Crippen molar-refractivity contribution in [2.45, 2.75) is 20.0 Å². The maximum Gasteiger partial charge on any atom is 0.346 e. The molecular formula is C12H14O4. The molecule has 1 aromatic carbocycles. The van der Waals surface area contributed by atoms with Crippen LogP contribution in [0.3, 0.4) is 0 Å². The van der Waals surface area contributed by atoms with Crippen LogP contribution in [0.15, 0.2) is 24.3 Å². The van der Waals surface area contributed by atoms with Gasteiger partial charge in [-0.1, -0.05) is 12.1 Å². The summed E-state index contributed by atoms with van der Waals surface area (Å²) in [6, 6.07) is 6.79. The molecule has 0 heterocycles. The van der Waals surface area contributed by atoms with Crippen molar-refractivity contribution < 1.29 is 19.1 Å². The van der Waals surface area contributed by atoms with Crippen LogP contribution in [-0.2, 0) is 9.53 Å². The molecule has 16 heavy (non-hydrogen) atoms. The van der Waals surface area contributed by atoms with Crippen LogP contribution in [0, 0.1) is 0 Å². The fraction of sp³-hybridized carbons (Fsp3) is 0.333. The molecule has 0 saturated carbocycles. The van der Waals surface area contributed by atoms with Crippen LogP contribution in [0.4, 0.5) is 0 Å². The van der Waals surface area contributed by atoms with Crippen LogP contribution < -0.4 is 4.74 Å². The molecule has 0 aliphatic carbocycles. The van der Waals surface area contributed by atoms with E-state index in [1.807, 2.05) is 0 Å². The van der Waals surface area contributed by atoms with E-state index in [9.17, 15) is 9.59 Å². The number of ether oxygens (including phenoxy) is 2. The summed E-state index contributed by atoms with van der Waals surface area (Å²) < 4.78 is 9.90. The SMILES string of the molecule is COC(=O)[C@@H](C)Oc1ccccc1C(C)=O. The van der Waals surface area contributed by atoms with E-state index in [0.29, 0.717) is 11.3 Å². The molecule has 0 radical (unpaired) electrons. The number of ketones is 1. The van der Waals surface area contributed by atoms with Gasteiger partial charge in [-0.25, -0.2) is 4.79 Å². The van der Waals surface area contributed by atoms with E-state index in [1.54, 1.807) is 31.2 Å². The Balaban J connectivity index is 2.88. The van der Waals surface area contributed by atoms with Gasteiger partial charge in [-0.15, -0.1) is 0 Å². The standard InChI is InChI=1S/C12H14O4/c1-8(13)10-6-4-5-7-11(10)16-9(2)12(14)15-3/h4-7,9H,1-3H3/t9-/m1/s1. The molecule has 1 aromatic rings. The Morgan fingerprint density at radius 3 is 2.44 bits per heavy atom. The Morgan fingerprint density at radius 2 is 1.88 bits per heavy atom. The molecule has 0 bridgehead atoms. The fourth-order valence-electron chi connectivity index (χ4n) is 1.26. The molecule has 4 nitrogen and oxygen atoms in total. The third-order valence-electron chi connectivity index (χ3n) is 2.10. The molecule has 0 aromatic heterocycles. The number of carbonyl (C=O) groups excluding carboxylic acids is 2. The van der Waals surface area contributed by atoms with E-state index in [1.165, 1.54) is 14.0 Å². The highest BCUT2D eigenvalue weighted by molar-refractivity contribution is 5.96. The van der Waals surface area contributed by atoms with Crippen molar-refractivity contribution in [2.75, 3.05) is 7.11 Å². The lowest BCUT2D eigenvalue weighted by Crippen LogP contribution is -2.25. The summed E-state index contributed by atoms with van der Waals surface area (Å²) in [4.78, 5) is 22.5. The van der Waals surface area contributed by atoms with Crippen LogP contribution in [0.1, 0.15) is 24.2 Å². The number of hydrogen-bond donors (Lipinski definition) is 0. The molecule has 1 rings (SSSR count). The summed E-state index contributed by atoms with van der Waals surface area (Å²) >= 11 is 0. The molecule has 0 unspecified atom stereocenters. The average Bonchev–Trinajstić information content (AvgIpc) is 2.28. The summed E-state index contributed by atoms with van der Waals surface area (Å²) in [7, 11) is 1.29. The molecule has 1 atom stereocenters. The Morgan fingerprint density at radius 1 is 1.25 bits per heavy atom. The number of para-hydroxylation sites is 1. The molecule has 0 amide bonds. The molecule has 0 saturated heterocycles. The van der Waals surface area contributed by atoms with Gasteiger partial charge in [0, 0.05) is 0 Å². The van der Waals surface area contributed by atoms with E-state index in [0.717, 1.165) is 0 Å². The number of Topliss-reactive ketones (excluding diaryl/α,β-unsaturated/α-hetero) is 1. The zero-order valence-electron chi connectivity index (χ0n) is 9.52. The van der Waals surface area contributed by atoms with E-state index >= 15 is 0 Å².